The number of carbonyl (C=O) groups is 2. The van der Waals surface area contributed by atoms with Gasteiger partial charge in [0.15, 0.2) is 0 Å². The molecule has 5 heteroatoms. The van der Waals surface area contributed by atoms with Gasteiger partial charge in [-0.2, -0.15) is 0 Å². The van der Waals surface area contributed by atoms with E-state index in [0.717, 1.165) is 25.7 Å². The largest absolute Gasteiger partial charge is 0.347 e. The van der Waals surface area contributed by atoms with Crippen LogP contribution in [0, 0.1) is 5.41 Å². The van der Waals surface area contributed by atoms with E-state index in [1.807, 2.05) is 0 Å². The lowest BCUT2D eigenvalue weighted by molar-refractivity contribution is -0.139. The average molecular weight is 241 g/mol. The summed E-state index contributed by atoms with van der Waals surface area (Å²) in [5.74, 6) is -1.12. The maximum atomic E-state index is 11.5. The molecule has 1 fully saturated rings. The highest BCUT2D eigenvalue weighted by Crippen LogP contribution is 2.34. The van der Waals surface area contributed by atoms with E-state index >= 15 is 0 Å². The van der Waals surface area contributed by atoms with Crippen LogP contribution in [0.2, 0.25) is 0 Å². The van der Waals surface area contributed by atoms with Crippen molar-refractivity contribution >= 4 is 11.8 Å². The minimum absolute atomic E-state index is 0.138. The summed E-state index contributed by atoms with van der Waals surface area (Å²) in [7, 11) is 0. The summed E-state index contributed by atoms with van der Waals surface area (Å²) < 4.78 is 0. The van der Waals surface area contributed by atoms with Gasteiger partial charge in [0, 0.05) is 19.1 Å². The van der Waals surface area contributed by atoms with Gasteiger partial charge in [-0.1, -0.05) is 13.8 Å². The summed E-state index contributed by atoms with van der Waals surface area (Å²) in [6.45, 7) is 5.15. The first kappa shape index (κ1) is 14.0. The maximum absolute atomic E-state index is 11.5. The molecule has 0 unspecified atom stereocenters. The molecule has 0 aromatic heterocycles. The normalized spacial score (nSPS) is 19.7. The highest BCUT2D eigenvalue weighted by atomic mass is 16.2. The first-order valence-corrected chi connectivity index (χ1v) is 6.23. The number of nitrogens with one attached hydrogen (secondary N) is 2. The lowest BCUT2D eigenvalue weighted by atomic mass is 9.75. The Balaban J connectivity index is 2.30. The summed E-state index contributed by atoms with van der Waals surface area (Å²) in [6, 6.07) is 0.138. The molecule has 0 heterocycles. The third-order valence-electron chi connectivity index (χ3n) is 3.31. The van der Waals surface area contributed by atoms with Crippen molar-refractivity contribution in [3.8, 4) is 0 Å². The Bertz CT molecular complexity index is 279. The lowest BCUT2D eigenvalue weighted by Gasteiger charge is -2.34. The number of rotatable bonds is 3. The molecule has 0 aliphatic heterocycles. The molecule has 0 atom stereocenters. The van der Waals surface area contributed by atoms with Crippen LogP contribution >= 0.6 is 0 Å². The zero-order valence-corrected chi connectivity index (χ0v) is 10.7. The summed E-state index contributed by atoms with van der Waals surface area (Å²) in [6.07, 6.45) is 4.07. The van der Waals surface area contributed by atoms with E-state index in [0.29, 0.717) is 18.5 Å². The van der Waals surface area contributed by atoms with Crippen LogP contribution < -0.4 is 16.4 Å². The van der Waals surface area contributed by atoms with Gasteiger partial charge in [0.05, 0.1) is 0 Å². The number of hydrogen-bond donors (Lipinski definition) is 3. The van der Waals surface area contributed by atoms with Gasteiger partial charge in [-0.25, -0.2) is 0 Å². The van der Waals surface area contributed by atoms with Crippen molar-refractivity contribution in [2.75, 3.05) is 13.1 Å². The number of carbonyl (C=O) groups excluding carboxylic acids is 2. The SMILES string of the molecule is CC1(C)CCC(NC(=O)C(=O)NCCN)CC1. The maximum Gasteiger partial charge on any atom is 0.309 e. The van der Waals surface area contributed by atoms with Crippen molar-refractivity contribution in [3.05, 3.63) is 0 Å². The predicted molar refractivity (Wildman–Crippen MR) is 66.2 cm³/mol. The quantitative estimate of drug-likeness (QED) is 0.615. The number of hydrogen-bond acceptors (Lipinski definition) is 3. The van der Waals surface area contributed by atoms with Crippen molar-refractivity contribution in [1.29, 1.82) is 0 Å². The van der Waals surface area contributed by atoms with Gasteiger partial charge in [0.1, 0.15) is 0 Å². The van der Waals surface area contributed by atoms with Crippen molar-refractivity contribution in [2.45, 2.75) is 45.6 Å². The highest BCUT2D eigenvalue weighted by Gasteiger charge is 2.28. The van der Waals surface area contributed by atoms with Gasteiger partial charge in [-0.15, -0.1) is 0 Å². The van der Waals surface area contributed by atoms with Gasteiger partial charge >= 0.3 is 11.8 Å². The molecule has 0 aromatic rings. The minimum atomic E-state index is -0.583. The molecule has 0 saturated heterocycles. The van der Waals surface area contributed by atoms with Crippen LogP contribution in [0.5, 0.6) is 0 Å². The van der Waals surface area contributed by atoms with Crippen LogP contribution in [-0.4, -0.2) is 30.9 Å². The summed E-state index contributed by atoms with van der Waals surface area (Å²) in [4.78, 5) is 22.8. The zero-order valence-electron chi connectivity index (χ0n) is 10.7. The third-order valence-corrected chi connectivity index (χ3v) is 3.31. The van der Waals surface area contributed by atoms with E-state index in [-0.39, 0.29) is 6.04 Å². The average Bonchev–Trinajstić information content (AvgIpc) is 2.28. The van der Waals surface area contributed by atoms with E-state index in [4.69, 9.17) is 5.73 Å². The molecule has 5 nitrogen and oxygen atoms in total. The summed E-state index contributed by atoms with van der Waals surface area (Å²) >= 11 is 0. The van der Waals surface area contributed by atoms with Gasteiger partial charge < -0.3 is 16.4 Å². The summed E-state index contributed by atoms with van der Waals surface area (Å²) in [5.41, 5.74) is 5.61. The number of amides is 2. The highest BCUT2D eigenvalue weighted by molar-refractivity contribution is 6.35. The van der Waals surface area contributed by atoms with Crippen molar-refractivity contribution in [3.63, 3.8) is 0 Å². The fraction of sp³-hybridized carbons (Fsp3) is 0.833. The van der Waals surface area contributed by atoms with E-state index in [2.05, 4.69) is 24.5 Å². The molecule has 2 amide bonds. The Morgan fingerprint density at radius 2 is 1.82 bits per heavy atom. The Morgan fingerprint density at radius 3 is 2.35 bits per heavy atom. The molecule has 17 heavy (non-hydrogen) atoms. The minimum Gasteiger partial charge on any atom is -0.347 e. The molecule has 98 valence electrons. The van der Waals surface area contributed by atoms with Crippen molar-refractivity contribution in [2.24, 2.45) is 11.1 Å². The molecule has 0 bridgehead atoms. The molecule has 1 aliphatic rings. The second-order valence-corrected chi connectivity index (χ2v) is 5.46. The summed E-state index contributed by atoms with van der Waals surface area (Å²) in [5, 5.41) is 5.24. The molecule has 1 aliphatic carbocycles. The molecule has 0 spiro atoms. The van der Waals surface area contributed by atoms with Crippen molar-refractivity contribution in [1.82, 2.24) is 10.6 Å². The Morgan fingerprint density at radius 1 is 1.24 bits per heavy atom. The molecule has 0 radical (unpaired) electrons. The third kappa shape index (κ3) is 4.73. The topological polar surface area (TPSA) is 84.2 Å². The van der Waals surface area contributed by atoms with Gasteiger partial charge in [-0.3, -0.25) is 9.59 Å². The van der Waals surface area contributed by atoms with Crippen LogP contribution in [-0.2, 0) is 9.59 Å². The molecule has 1 saturated carbocycles. The second kappa shape index (κ2) is 6.00. The second-order valence-electron chi connectivity index (χ2n) is 5.46. The van der Waals surface area contributed by atoms with Crippen LogP contribution in [0.1, 0.15) is 39.5 Å². The van der Waals surface area contributed by atoms with E-state index in [1.54, 1.807) is 0 Å². The predicted octanol–water partition coefficient (Wildman–Crippen LogP) is 0.146. The smallest absolute Gasteiger partial charge is 0.309 e. The van der Waals surface area contributed by atoms with Crippen LogP contribution in [0.4, 0.5) is 0 Å². The fourth-order valence-electron chi connectivity index (χ4n) is 2.06. The Labute approximate surface area is 103 Å². The zero-order chi connectivity index (χ0) is 12.9. The molecular weight excluding hydrogens is 218 g/mol. The fourth-order valence-corrected chi connectivity index (χ4v) is 2.06. The van der Waals surface area contributed by atoms with Gasteiger partial charge in [-0.05, 0) is 31.1 Å². The number of nitrogens with two attached hydrogens (primary N) is 1. The monoisotopic (exact) mass is 241 g/mol. The molecule has 4 N–H and O–H groups in total. The molecule has 0 aromatic carbocycles. The van der Waals surface area contributed by atoms with Gasteiger partial charge in [0.25, 0.3) is 0 Å². The van der Waals surface area contributed by atoms with Gasteiger partial charge in [0.2, 0.25) is 0 Å². The Hall–Kier alpha value is -1.10. The van der Waals surface area contributed by atoms with E-state index < -0.39 is 11.8 Å². The van der Waals surface area contributed by atoms with E-state index in [1.165, 1.54) is 0 Å². The first-order chi connectivity index (χ1) is 7.94. The van der Waals surface area contributed by atoms with Crippen LogP contribution in [0.3, 0.4) is 0 Å². The molecular formula is C12H23N3O2. The standard InChI is InChI=1S/C12H23N3O2/c1-12(2)5-3-9(4-6-12)15-11(17)10(16)14-8-7-13/h9H,3-8,13H2,1-2H3,(H,14,16)(H,15,17). The first-order valence-electron chi connectivity index (χ1n) is 6.23. The van der Waals surface area contributed by atoms with Crippen LogP contribution in [0.15, 0.2) is 0 Å². The lowest BCUT2D eigenvalue weighted by Crippen LogP contribution is -2.47. The Kier molecular flexibility index (Phi) is 4.93. The van der Waals surface area contributed by atoms with Crippen LogP contribution in [0.25, 0.3) is 0 Å². The van der Waals surface area contributed by atoms with E-state index in [9.17, 15) is 9.59 Å². The van der Waals surface area contributed by atoms with Crippen molar-refractivity contribution < 1.29 is 9.59 Å². The molecule has 1 rings (SSSR count).